The topological polar surface area (TPSA) is 41.6 Å². The fourth-order valence-corrected chi connectivity index (χ4v) is 3.42. The first-order valence-electron chi connectivity index (χ1n) is 7.61. The molecule has 1 heterocycles. The van der Waals surface area contributed by atoms with E-state index in [2.05, 4.69) is 5.32 Å². The molecule has 2 aliphatic rings. The van der Waals surface area contributed by atoms with Crippen LogP contribution in [0.15, 0.2) is 24.3 Å². The van der Waals surface area contributed by atoms with E-state index in [4.69, 9.17) is 4.74 Å². The standard InChI is InChI=1S/C16H21FN2O2/c17-7-8-21-15-6-2-5-14(9-15)18-16(20)19-10-12-3-1-4-13(12)11-19/h2,5-6,9,12-13H,1,3-4,7-8,10-11H2,(H,18,20). The van der Waals surface area contributed by atoms with E-state index in [0.717, 1.165) is 13.1 Å². The van der Waals surface area contributed by atoms with Crippen LogP contribution in [0.3, 0.4) is 0 Å². The number of carbonyl (C=O) groups excluding carboxylic acids is 1. The lowest BCUT2D eigenvalue weighted by Gasteiger charge is -2.18. The third-order valence-electron chi connectivity index (χ3n) is 4.44. The number of hydrogen-bond acceptors (Lipinski definition) is 2. The Morgan fingerprint density at radius 3 is 2.81 bits per heavy atom. The van der Waals surface area contributed by atoms with Crippen molar-refractivity contribution in [2.75, 3.05) is 31.7 Å². The van der Waals surface area contributed by atoms with Crippen LogP contribution in [0.4, 0.5) is 14.9 Å². The van der Waals surface area contributed by atoms with Crippen molar-refractivity contribution in [3.05, 3.63) is 24.3 Å². The summed E-state index contributed by atoms with van der Waals surface area (Å²) in [6, 6.07) is 7.04. The van der Waals surface area contributed by atoms with Crippen molar-refractivity contribution in [2.24, 2.45) is 11.8 Å². The Balaban J connectivity index is 1.57. The van der Waals surface area contributed by atoms with Gasteiger partial charge in [-0.25, -0.2) is 9.18 Å². The van der Waals surface area contributed by atoms with Gasteiger partial charge in [-0.05, 0) is 36.8 Å². The second kappa shape index (κ2) is 6.33. The Hall–Kier alpha value is -1.78. The maximum Gasteiger partial charge on any atom is 0.321 e. The molecule has 5 heteroatoms. The zero-order chi connectivity index (χ0) is 14.7. The van der Waals surface area contributed by atoms with Crippen LogP contribution in [0.5, 0.6) is 5.75 Å². The molecule has 0 bridgehead atoms. The van der Waals surface area contributed by atoms with E-state index in [9.17, 15) is 9.18 Å². The Morgan fingerprint density at radius 2 is 2.10 bits per heavy atom. The van der Waals surface area contributed by atoms with Gasteiger partial charge in [-0.15, -0.1) is 0 Å². The van der Waals surface area contributed by atoms with Crippen molar-refractivity contribution < 1.29 is 13.9 Å². The van der Waals surface area contributed by atoms with Crippen molar-refractivity contribution in [1.82, 2.24) is 4.90 Å². The molecule has 114 valence electrons. The highest BCUT2D eigenvalue weighted by Gasteiger charge is 2.37. The fourth-order valence-electron chi connectivity index (χ4n) is 3.42. The molecule has 3 rings (SSSR count). The molecule has 1 N–H and O–H groups in total. The van der Waals surface area contributed by atoms with Gasteiger partial charge in [0, 0.05) is 24.8 Å². The lowest BCUT2D eigenvalue weighted by molar-refractivity contribution is 0.219. The highest BCUT2D eigenvalue weighted by atomic mass is 19.1. The van der Waals surface area contributed by atoms with Gasteiger partial charge in [-0.2, -0.15) is 0 Å². The van der Waals surface area contributed by atoms with Gasteiger partial charge in [0.1, 0.15) is 19.0 Å². The van der Waals surface area contributed by atoms with Crippen molar-refractivity contribution in [1.29, 1.82) is 0 Å². The molecule has 2 fully saturated rings. The first-order chi connectivity index (χ1) is 10.3. The number of amides is 2. The summed E-state index contributed by atoms with van der Waals surface area (Å²) in [5.74, 6) is 1.95. The van der Waals surface area contributed by atoms with Gasteiger partial charge in [0.05, 0.1) is 0 Å². The molecule has 2 amide bonds. The second-order valence-electron chi connectivity index (χ2n) is 5.85. The van der Waals surface area contributed by atoms with Crippen molar-refractivity contribution >= 4 is 11.7 Å². The van der Waals surface area contributed by atoms with E-state index >= 15 is 0 Å². The van der Waals surface area contributed by atoms with Crippen LogP contribution in [0, 0.1) is 11.8 Å². The molecular weight excluding hydrogens is 271 g/mol. The Kier molecular flexibility index (Phi) is 4.27. The third kappa shape index (κ3) is 3.28. The van der Waals surface area contributed by atoms with E-state index in [-0.39, 0.29) is 12.6 Å². The Labute approximate surface area is 124 Å². The molecule has 2 unspecified atom stereocenters. The van der Waals surface area contributed by atoms with Gasteiger partial charge in [0.15, 0.2) is 0 Å². The van der Waals surface area contributed by atoms with E-state index in [1.54, 1.807) is 18.2 Å². The number of nitrogens with zero attached hydrogens (tertiary/aromatic N) is 1. The molecule has 1 aromatic carbocycles. The van der Waals surface area contributed by atoms with Gasteiger partial charge in [0.25, 0.3) is 0 Å². The number of benzene rings is 1. The van der Waals surface area contributed by atoms with E-state index in [1.165, 1.54) is 19.3 Å². The summed E-state index contributed by atoms with van der Waals surface area (Å²) >= 11 is 0. The average Bonchev–Trinajstić information content (AvgIpc) is 3.06. The first kappa shape index (κ1) is 14.2. The summed E-state index contributed by atoms with van der Waals surface area (Å²) in [6.07, 6.45) is 3.81. The van der Waals surface area contributed by atoms with Crippen molar-refractivity contribution in [3.8, 4) is 5.75 Å². The molecule has 1 saturated heterocycles. The van der Waals surface area contributed by atoms with Crippen LogP contribution >= 0.6 is 0 Å². The largest absolute Gasteiger partial charge is 0.491 e. The maximum atomic E-state index is 12.3. The van der Waals surface area contributed by atoms with E-state index in [1.807, 2.05) is 11.0 Å². The van der Waals surface area contributed by atoms with Crippen LogP contribution < -0.4 is 10.1 Å². The zero-order valence-corrected chi connectivity index (χ0v) is 12.1. The molecule has 1 aliphatic heterocycles. The van der Waals surface area contributed by atoms with Crippen LogP contribution in [0.25, 0.3) is 0 Å². The lowest BCUT2D eigenvalue weighted by Crippen LogP contribution is -2.33. The zero-order valence-electron chi connectivity index (χ0n) is 12.1. The number of hydrogen-bond donors (Lipinski definition) is 1. The van der Waals surface area contributed by atoms with Gasteiger partial charge < -0.3 is 15.0 Å². The SMILES string of the molecule is O=C(Nc1cccc(OCCF)c1)N1CC2CCCC2C1. The molecule has 4 nitrogen and oxygen atoms in total. The Bertz CT molecular complexity index is 497. The van der Waals surface area contributed by atoms with Gasteiger partial charge in [-0.1, -0.05) is 12.5 Å². The molecule has 1 aromatic rings. The maximum absolute atomic E-state index is 12.3. The predicted octanol–water partition coefficient (Wildman–Crippen LogP) is 3.30. The molecule has 0 spiro atoms. The monoisotopic (exact) mass is 292 g/mol. The summed E-state index contributed by atoms with van der Waals surface area (Å²) in [5.41, 5.74) is 0.688. The summed E-state index contributed by atoms with van der Waals surface area (Å²) in [7, 11) is 0. The van der Waals surface area contributed by atoms with Crippen LogP contribution in [0.2, 0.25) is 0 Å². The average molecular weight is 292 g/mol. The number of nitrogens with one attached hydrogen (secondary N) is 1. The molecule has 1 saturated carbocycles. The Morgan fingerprint density at radius 1 is 1.33 bits per heavy atom. The normalized spacial score (nSPS) is 24.0. The summed E-state index contributed by atoms with van der Waals surface area (Å²) in [4.78, 5) is 14.2. The molecule has 21 heavy (non-hydrogen) atoms. The molecule has 1 aliphatic carbocycles. The van der Waals surface area contributed by atoms with Crippen molar-refractivity contribution in [3.63, 3.8) is 0 Å². The van der Waals surface area contributed by atoms with Crippen LogP contribution in [0.1, 0.15) is 19.3 Å². The van der Waals surface area contributed by atoms with E-state index in [0.29, 0.717) is 23.3 Å². The molecule has 0 aromatic heterocycles. The van der Waals surface area contributed by atoms with E-state index < -0.39 is 6.67 Å². The minimum absolute atomic E-state index is 0.0346. The molecular formula is C16H21FN2O2. The number of halogens is 1. The lowest BCUT2D eigenvalue weighted by atomic mass is 10.0. The highest BCUT2D eigenvalue weighted by Crippen LogP contribution is 2.37. The molecule has 2 atom stereocenters. The fraction of sp³-hybridized carbons (Fsp3) is 0.562. The second-order valence-corrected chi connectivity index (χ2v) is 5.85. The number of fused-ring (bicyclic) bond motifs is 1. The summed E-state index contributed by atoms with van der Waals surface area (Å²) in [6.45, 7) is 1.25. The minimum atomic E-state index is -0.521. The number of anilines is 1. The van der Waals surface area contributed by atoms with Gasteiger partial charge in [0.2, 0.25) is 0 Å². The number of alkyl halides is 1. The number of rotatable bonds is 4. The smallest absolute Gasteiger partial charge is 0.321 e. The highest BCUT2D eigenvalue weighted by molar-refractivity contribution is 5.89. The number of likely N-dealkylation sites (tertiary alicyclic amines) is 1. The number of carbonyl (C=O) groups is 1. The predicted molar refractivity (Wildman–Crippen MR) is 79.3 cm³/mol. The van der Waals surface area contributed by atoms with Gasteiger partial charge in [-0.3, -0.25) is 0 Å². The minimum Gasteiger partial charge on any atom is -0.491 e. The molecule has 0 radical (unpaired) electrons. The van der Waals surface area contributed by atoms with Gasteiger partial charge >= 0.3 is 6.03 Å². The van der Waals surface area contributed by atoms with Crippen LogP contribution in [-0.2, 0) is 0 Å². The first-order valence-corrected chi connectivity index (χ1v) is 7.61. The van der Waals surface area contributed by atoms with Crippen LogP contribution in [-0.4, -0.2) is 37.3 Å². The summed E-state index contributed by atoms with van der Waals surface area (Å²) in [5, 5.41) is 2.90. The number of urea groups is 1. The quantitative estimate of drug-likeness (QED) is 0.925. The number of ether oxygens (including phenoxy) is 1. The summed E-state index contributed by atoms with van der Waals surface area (Å²) < 4.78 is 17.3. The van der Waals surface area contributed by atoms with Crippen molar-refractivity contribution in [2.45, 2.75) is 19.3 Å². The third-order valence-corrected chi connectivity index (χ3v) is 4.44.